The van der Waals surface area contributed by atoms with Crippen LogP contribution in [-0.4, -0.2) is 60.2 Å². The molecule has 0 radical (unpaired) electrons. The molecule has 4 N–H and O–H groups in total. The van der Waals surface area contributed by atoms with Gasteiger partial charge in [0, 0.05) is 45.8 Å². The molecule has 12 heterocycles. The van der Waals surface area contributed by atoms with Crippen molar-refractivity contribution in [3.8, 4) is 23.0 Å². The molecular weight excluding hydrogens is 1840 g/mol. The van der Waals surface area contributed by atoms with E-state index in [2.05, 4.69) is 86.0 Å². The zero-order valence-corrected chi connectivity index (χ0v) is 85.0. The predicted octanol–water partition coefficient (Wildman–Crippen LogP) is 40.3. The van der Waals surface area contributed by atoms with Gasteiger partial charge in [-0.05, 0) is 133 Å². The number of rotatable bonds is 0. The van der Waals surface area contributed by atoms with E-state index < -0.39 is 5.76 Å². The molecule has 146 heavy (non-hydrogen) atoms. The van der Waals surface area contributed by atoms with Gasteiger partial charge in [0.25, 0.3) is 0 Å². The number of anilines is 1. The first-order chi connectivity index (χ1) is 67.4. The van der Waals surface area contributed by atoms with Gasteiger partial charge >= 0.3 is 11.4 Å². The van der Waals surface area contributed by atoms with E-state index in [0.29, 0.717) is 24.7 Å². The van der Waals surface area contributed by atoms with E-state index in [1.54, 1.807) is 48.2 Å². The number of para-hydroxylation sites is 16. The van der Waals surface area contributed by atoms with Crippen LogP contribution in [0.4, 0.5) is 11.4 Å². The molecule has 22 heteroatoms. The van der Waals surface area contributed by atoms with E-state index in [0.717, 1.165) is 120 Å². The van der Waals surface area contributed by atoms with E-state index >= 15 is 0 Å². The van der Waals surface area contributed by atoms with Crippen LogP contribution in [0, 0.1) is 0 Å². The predicted molar refractivity (Wildman–Crippen MR) is 645 cm³/mol. The average Bonchev–Trinajstić information content (AvgIpc) is 1.43. The molecule has 0 amide bonds. The van der Waals surface area contributed by atoms with Crippen molar-refractivity contribution in [2.24, 2.45) is 10.2 Å². The number of imidazole rings is 1. The zero-order valence-electron chi connectivity index (χ0n) is 84.2. The molecule has 0 atom stereocenters. The summed E-state index contributed by atoms with van der Waals surface area (Å²) in [5, 5.41) is 22.1. The summed E-state index contributed by atoms with van der Waals surface area (Å²) in [5.74, 6) is 3.31. The number of hydrogen-bond acceptors (Lipinski definition) is 19. The number of furan rings is 1. The molecule has 8 aromatic heterocycles. The van der Waals surface area contributed by atoms with Gasteiger partial charge in [-0.3, -0.25) is 15.1 Å². The summed E-state index contributed by atoms with van der Waals surface area (Å²) >= 11 is 1.68. The number of aromatic amines is 3. The Balaban J connectivity index is -0.000000168. The maximum atomic E-state index is 10.7. The Morgan fingerprint density at radius 3 is 1.35 bits per heavy atom. The van der Waals surface area contributed by atoms with E-state index in [-0.39, 0.29) is 79.9 Å². The molecule has 24 rings (SSSR count). The summed E-state index contributed by atoms with van der Waals surface area (Å²) in [6, 6.07) is 103. The van der Waals surface area contributed by atoms with Crippen LogP contribution in [0.1, 0.15) is 252 Å². The minimum Gasteiger partial charge on any atom is -0.493 e. The number of fused-ring (bicyclic) bond motifs is 12. The highest BCUT2D eigenvalue weighted by Crippen LogP contribution is 2.31. The van der Waals surface area contributed by atoms with Crippen LogP contribution in [0.25, 0.3) is 87.2 Å². The number of nitrogens with one attached hydrogen (secondary N) is 4. The zero-order chi connectivity index (χ0) is 100. The van der Waals surface area contributed by atoms with Gasteiger partial charge < -0.3 is 46.9 Å². The van der Waals surface area contributed by atoms with Crippen molar-refractivity contribution in [2.75, 3.05) is 25.4 Å². The summed E-state index contributed by atoms with van der Waals surface area (Å²) < 4.78 is 41.7. The summed E-state index contributed by atoms with van der Waals surface area (Å²) in [5.41, 5.74) is 16.3. The number of aromatic nitrogens is 8. The van der Waals surface area contributed by atoms with Gasteiger partial charge in [0.2, 0.25) is 6.79 Å². The quantitative estimate of drug-likeness (QED) is 0.103. The Kier molecular flexibility index (Phi) is 104. The van der Waals surface area contributed by atoms with E-state index in [9.17, 15) is 9.59 Å². The molecule has 0 fully saturated rings. The van der Waals surface area contributed by atoms with Crippen molar-refractivity contribution >= 4 is 110 Å². The summed E-state index contributed by atoms with van der Waals surface area (Å²) in [6.45, 7) is 50.6. The number of H-pyrrole nitrogens is 3. The molecule has 4 aliphatic rings. The third-order valence-electron chi connectivity index (χ3n) is 16.5. The van der Waals surface area contributed by atoms with Gasteiger partial charge in [0.1, 0.15) is 28.2 Å². The van der Waals surface area contributed by atoms with Crippen LogP contribution in [0.5, 0.6) is 23.0 Å². The van der Waals surface area contributed by atoms with Gasteiger partial charge in [-0.2, -0.15) is 15.3 Å². The summed E-state index contributed by atoms with van der Waals surface area (Å²) in [4.78, 5) is 43.2. The lowest BCUT2D eigenvalue weighted by molar-refractivity contribution is 0.174. The first kappa shape index (κ1) is 151. The Hall–Kier alpha value is -15.0. The van der Waals surface area contributed by atoms with Gasteiger partial charge in [-0.1, -0.05) is 428 Å². The van der Waals surface area contributed by atoms with Gasteiger partial charge in [0.05, 0.1) is 86.6 Å². The second-order valence-electron chi connectivity index (χ2n) is 24.0. The van der Waals surface area contributed by atoms with Crippen molar-refractivity contribution < 1.29 is 36.6 Å². The number of ether oxygens (including phenoxy) is 4. The van der Waals surface area contributed by atoms with Crippen LogP contribution in [0.2, 0.25) is 0 Å². The maximum absolute atomic E-state index is 10.7. The maximum Gasteiger partial charge on any atom is 0.417 e. The fourth-order valence-electron chi connectivity index (χ4n) is 11.0. The number of benzene rings is 12. The second-order valence-corrected chi connectivity index (χ2v) is 24.9. The molecule has 0 spiro atoms. The van der Waals surface area contributed by atoms with Crippen molar-refractivity contribution in [3.63, 3.8) is 0 Å². The largest absolute Gasteiger partial charge is 0.493 e. The minimum atomic E-state index is -0.402. The third kappa shape index (κ3) is 55.6. The molecule has 12 aromatic carbocycles. The fraction of sp³-hybridized carbons (Fsp3) is 0.315. The number of azo groups is 1. The fourth-order valence-corrected chi connectivity index (χ4v) is 11.7. The highest BCUT2D eigenvalue weighted by atomic mass is 32.1. The number of pyridine rings is 1. The summed E-state index contributed by atoms with van der Waals surface area (Å²) in [7, 11) is 0. The van der Waals surface area contributed by atoms with Gasteiger partial charge in [-0.25, -0.2) is 24.5 Å². The topological polar surface area (TPSA) is 272 Å². The Morgan fingerprint density at radius 2 is 0.795 bits per heavy atom. The molecule has 0 bridgehead atoms. The molecule has 0 saturated carbocycles. The number of nitrogens with zero attached hydrogens (tertiary/aromatic N) is 7. The minimum absolute atomic E-state index is 0. The molecule has 20 aromatic rings. The monoisotopic (exact) mass is 2020 g/mol. The van der Waals surface area contributed by atoms with E-state index in [1.807, 2.05) is 445 Å². The Morgan fingerprint density at radius 1 is 0.329 bits per heavy atom. The van der Waals surface area contributed by atoms with Crippen LogP contribution in [-0.2, 0) is 13.0 Å². The molecule has 0 aliphatic carbocycles. The summed E-state index contributed by atoms with van der Waals surface area (Å²) in [6.07, 6.45) is 9.55. The standard InChI is InChI=1S/C9H7N.C9H6O2.C8H8O.C8H6O.3C7H6N2.C7H5NO2.C7H7NO.C7H5NO.C7H5NS.C7H6O2.12C2H6.10CH4/c1-2-6-9-8(4-1)5-3-7-10-9;10-9-6-5-7-3-1-2-4-8(7)11-9;2*1-2-4-8-7(3-1)5-6-9-8;1-2-4-7-6(3-1)8-5-9-7;2*1-2-4-7-6(3-1)5-8-9-7;9-7-8-5-3-1-2-4-6(5)10-7;4*1-2-4-7-6(3-1)8-5-9-7;12*1-2;;;;;;;;;;/h1-7H;1-6H;1-4H,5-6H2;1-6H;1-5H,(H,8,9);1-4H,5H2;1-5H,(H,8,9);1-4H,(H,8,9);1-4,8H,5H2;2*1-5H;1-4H,5H2;12*1-2H3;10*1H4. The number of thiazole rings is 1. The van der Waals surface area contributed by atoms with Crippen molar-refractivity contribution in [1.82, 2.24) is 40.1 Å². The van der Waals surface area contributed by atoms with Crippen molar-refractivity contribution in [3.05, 3.63) is 391 Å². The van der Waals surface area contributed by atoms with Gasteiger partial charge in [-0.15, -0.1) is 11.3 Å². The lowest BCUT2D eigenvalue weighted by Crippen LogP contribution is -1.96. The van der Waals surface area contributed by atoms with Crippen molar-refractivity contribution in [2.45, 2.75) is 253 Å². The molecular formula is C124H185N11O10S. The molecule has 21 nitrogen and oxygen atoms in total. The number of hydrogen-bond donors (Lipinski definition) is 4. The van der Waals surface area contributed by atoms with Crippen LogP contribution < -0.4 is 35.6 Å². The first-order valence-corrected chi connectivity index (χ1v) is 48.3. The third-order valence-corrected chi connectivity index (χ3v) is 17.4. The molecule has 0 unspecified atom stereocenters. The Bertz CT molecular complexity index is 5580. The average molecular weight is 2020 g/mol. The van der Waals surface area contributed by atoms with Gasteiger partial charge in [0.15, 0.2) is 35.8 Å². The molecule has 802 valence electrons. The lowest BCUT2D eigenvalue weighted by atomic mass is 10.2. The highest BCUT2D eigenvalue weighted by Gasteiger charge is 2.11. The van der Waals surface area contributed by atoms with E-state index in [1.165, 1.54) is 33.7 Å². The SMILES string of the molecule is C.C.C.C.C.C.C.C.C.C.CC.CC.CC.CC.CC.CC.CC.CC.CC.CC.CC.CC.O=c1[nH]c2ccccc2o1.O=c1ccc2ccccc2o1.c1ccc2[nH]cnc2c1.c1ccc2[nH]ncc2c1.c1ccc2c(c1)CCO2.c1ccc2c(c1)CN=N2.c1ccc2c(c1)NCO2.c1ccc2c(c1)OCO2.c1ccc2ncccc2c1.c1ccc2occc2c1.c1ccc2ocnc2c1.c1ccc2scnc2c1. The smallest absolute Gasteiger partial charge is 0.417 e. The molecule has 4 aliphatic heterocycles. The van der Waals surface area contributed by atoms with Crippen molar-refractivity contribution in [1.29, 1.82) is 0 Å². The first-order valence-electron chi connectivity index (χ1n) is 47.5. The number of oxazole rings is 2. The van der Waals surface area contributed by atoms with Crippen LogP contribution in [0.3, 0.4) is 0 Å². The van der Waals surface area contributed by atoms with Crippen LogP contribution in [0.15, 0.2) is 396 Å². The highest BCUT2D eigenvalue weighted by molar-refractivity contribution is 7.16. The van der Waals surface area contributed by atoms with E-state index in [4.69, 9.17) is 36.6 Å². The second kappa shape index (κ2) is 100. The molecule has 0 saturated heterocycles. The normalized spacial score (nSPS) is 9.26. The van der Waals surface area contributed by atoms with Crippen LogP contribution >= 0.6 is 11.3 Å². The lowest BCUT2D eigenvalue weighted by Gasteiger charge is -1.93. The Labute approximate surface area is 883 Å².